The molecule has 1 aliphatic carbocycles. The van der Waals surface area contributed by atoms with Gasteiger partial charge in [-0.25, -0.2) is 0 Å². The lowest BCUT2D eigenvalue weighted by Crippen LogP contribution is -2.32. The van der Waals surface area contributed by atoms with Crippen LogP contribution in [0.2, 0.25) is 0 Å². The van der Waals surface area contributed by atoms with Crippen molar-refractivity contribution in [2.75, 3.05) is 5.88 Å². The molecule has 0 aliphatic heterocycles. The summed E-state index contributed by atoms with van der Waals surface area (Å²) in [4.78, 5) is 0. The standard InChI is InChI=1S/C9H17Cl/c1-8(2)6-9(7-10)4-3-5-9/h8H,3-7H2,1-2H3. The van der Waals surface area contributed by atoms with Crippen LogP contribution in [0.4, 0.5) is 0 Å². The van der Waals surface area contributed by atoms with Crippen molar-refractivity contribution in [1.29, 1.82) is 0 Å². The van der Waals surface area contributed by atoms with E-state index in [0.29, 0.717) is 5.41 Å². The van der Waals surface area contributed by atoms with Crippen molar-refractivity contribution in [2.24, 2.45) is 11.3 Å². The van der Waals surface area contributed by atoms with Gasteiger partial charge < -0.3 is 0 Å². The molecule has 0 aromatic carbocycles. The van der Waals surface area contributed by atoms with Crippen LogP contribution in [0.5, 0.6) is 0 Å². The van der Waals surface area contributed by atoms with Crippen LogP contribution in [-0.4, -0.2) is 5.88 Å². The van der Waals surface area contributed by atoms with Crippen LogP contribution in [0.3, 0.4) is 0 Å². The van der Waals surface area contributed by atoms with Crippen LogP contribution >= 0.6 is 11.6 Å². The van der Waals surface area contributed by atoms with Gasteiger partial charge in [-0.2, -0.15) is 0 Å². The minimum atomic E-state index is 0.551. The van der Waals surface area contributed by atoms with Gasteiger partial charge in [-0.3, -0.25) is 0 Å². The van der Waals surface area contributed by atoms with E-state index in [-0.39, 0.29) is 0 Å². The van der Waals surface area contributed by atoms with Crippen molar-refractivity contribution in [2.45, 2.75) is 39.5 Å². The van der Waals surface area contributed by atoms with Crippen LogP contribution < -0.4 is 0 Å². The average molecular weight is 161 g/mol. The molecular weight excluding hydrogens is 144 g/mol. The zero-order chi connectivity index (χ0) is 7.61. The maximum atomic E-state index is 5.90. The van der Waals surface area contributed by atoms with Gasteiger partial charge in [-0.05, 0) is 30.6 Å². The summed E-state index contributed by atoms with van der Waals surface area (Å²) < 4.78 is 0. The Hall–Kier alpha value is 0.290. The highest BCUT2D eigenvalue weighted by Gasteiger charge is 2.36. The monoisotopic (exact) mass is 160 g/mol. The molecule has 0 spiro atoms. The van der Waals surface area contributed by atoms with Crippen LogP contribution in [0.15, 0.2) is 0 Å². The SMILES string of the molecule is CC(C)CC1(CCl)CCC1. The molecule has 0 aromatic rings. The number of hydrogen-bond acceptors (Lipinski definition) is 0. The maximum Gasteiger partial charge on any atom is 0.0280 e. The van der Waals surface area contributed by atoms with E-state index in [1.54, 1.807) is 0 Å². The Morgan fingerprint density at radius 3 is 2.10 bits per heavy atom. The molecule has 0 saturated heterocycles. The maximum absolute atomic E-state index is 5.90. The minimum absolute atomic E-state index is 0.551. The van der Waals surface area contributed by atoms with Crippen molar-refractivity contribution >= 4 is 11.6 Å². The summed E-state index contributed by atoms with van der Waals surface area (Å²) in [5.41, 5.74) is 0.551. The first kappa shape index (κ1) is 8.39. The van der Waals surface area contributed by atoms with Gasteiger partial charge in [-0.15, -0.1) is 11.6 Å². The molecule has 0 unspecified atom stereocenters. The Balaban J connectivity index is 2.33. The zero-order valence-electron chi connectivity index (χ0n) is 6.99. The van der Waals surface area contributed by atoms with E-state index in [1.165, 1.54) is 25.7 Å². The van der Waals surface area contributed by atoms with Gasteiger partial charge >= 0.3 is 0 Å². The van der Waals surface area contributed by atoms with E-state index in [1.807, 2.05) is 0 Å². The summed E-state index contributed by atoms with van der Waals surface area (Å²) in [6.07, 6.45) is 5.47. The fourth-order valence-corrected chi connectivity index (χ4v) is 2.31. The fourth-order valence-electron chi connectivity index (χ4n) is 1.94. The van der Waals surface area contributed by atoms with Gasteiger partial charge in [0, 0.05) is 5.88 Å². The van der Waals surface area contributed by atoms with E-state index >= 15 is 0 Å². The quantitative estimate of drug-likeness (QED) is 0.555. The van der Waals surface area contributed by atoms with Crippen molar-refractivity contribution in [1.82, 2.24) is 0 Å². The molecule has 1 heteroatoms. The molecule has 0 atom stereocenters. The third-order valence-electron chi connectivity index (χ3n) is 2.54. The Kier molecular flexibility index (Phi) is 2.62. The predicted octanol–water partition coefficient (Wildman–Crippen LogP) is 3.44. The molecule has 0 bridgehead atoms. The summed E-state index contributed by atoms with van der Waals surface area (Å²) in [6, 6.07) is 0. The van der Waals surface area contributed by atoms with Gasteiger partial charge in [-0.1, -0.05) is 20.3 Å². The first-order valence-electron chi connectivity index (χ1n) is 4.24. The normalized spacial score (nSPS) is 22.8. The fraction of sp³-hybridized carbons (Fsp3) is 1.00. The molecule has 0 heterocycles. The number of hydrogen-bond donors (Lipinski definition) is 0. The van der Waals surface area contributed by atoms with Gasteiger partial charge in [0.25, 0.3) is 0 Å². The molecule has 1 fully saturated rings. The van der Waals surface area contributed by atoms with E-state index in [2.05, 4.69) is 13.8 Å². The van der Waals surface area contributed by atoms with Crippen LogP contribution in [0.1, 0.15) is 39.5 Å². The smallest absolute Gasteiger partial charge is 0.0280 e. The van der Waals surface area contributed by atoms with Gasteiger partial charge in [0.15, 0.2) is 0 Å². The second kappa shape index (κ2) is 3.13. The highest BCUT2D eigenvalue weighted by atomic mass is 35.5. The molecule has 1 aliphatic rings. The number of rotatable bonds is 3. The molecular formula is C9H17Cl. The lowest BCUT2D eigenvalue weighted by Gasteiger charge is -2.41. The molecule has 10 heavy (non-hydrogen) atoms. The molecule has 1 rings (SSSR count). The Labute approximate surface area is 69.0 Å². The molecule has 60 valence electrons. The largest absolute Gasteiger partial charge is 0.126 e. The summed E-state index contributed by atoms with van der Waals surface area (Å²) >= 11 is 5.90. The van der Waals surface area contributed by atoms with E-state index in [4.69, 9.17) is 11.6 Å². The second-order valence-corrected chi connectivity index (χ2v) is 4.35. The molecule has 0 amide bonds. The molecule has 0 aromatic heterocycles. The van der Waals surface area contributed by atoms with E-state index in [9.17, 15) is 0 Å². The van der Waals surface area contributed by atoms with E-state index < -0.39 is 0 Å². The summed E-state index contributed by atoms with van der Waals surface area (Å²) in [7, 11) is 0. The predicted molar refractivity (Wildman–Crippen MR) is 46.5 cm³/mol. The van der Waals surface area contributed by atoms with Crippen molar-refractivity contribution < 1.29 is 0 Å². The van der Waals surface area contributed by atoms with Gasteiger partial charge in [0.2, 0.25) is 0 Å². The Morgan fingerprint density at radius 2 is 2.00 bits per heavy atom. The topological polar surface area (TPSA) is 0 Å². The first-order chi connectivity index (χ1) is 4.68. The van der Waals surface area contributed by atoms with Crippen molar-refractivity contribution in [3.8, 4) is 0 Å². The minimum Gasteiger partial charge on any atom is -0.126 e. The summed E-state index contributed by atoms with van der Waals surface area (Å²) in [6.45, 7) is 4.57. The molecule has 0 nitrogen and oxygen atoms in total. The second-order valence-electron chi connectivity index (χ2n) is 4.09. The summed E-state index contributed by atoms with van der Waals surface area (Å²) in [5, 5.41) is 0. The van der Waals surface area contributed by atoms with Crippen LogP contribution in [-0.2, 0) is 0 Å². The summed E-state index contributed by atoms with van der Waals surface area (Å²) in [5.74, 6) is 1.70. The third-order valence-corrected chi connectivity index (χ3v) is 3.11. The molecule has 0 N–H and O–H groups in total. The molecule has 1 saturated carbocycles. The zero-order valence-corrected chi connectivity index (χ0v) is 7.75. The van der Waals surface area contributed by atoms with E-state index in [0.717, 1.165) is 11.8 Å². The lowest BCUT2D eigenvalue weighted by atomic mass is 9.66. The highest BCUT2D eigenvalue weighted by Crippen LogP contribution is 2.46. The lowest BCUT2D eigenvalue weighted by molar-refractivity contribution is 0.130. The first-order valence-corrected chi connectivity index (χ1v) is 4.78. The van der Waals surface area contributed by atoms with Gasteiger partial charge in [0.05, 0.1) is 0 Å². The van der Waals surface area contributed by atoms with Crippen molar-refractivity contribution in [3.05, 3.63) is 0 Å². The number of halogens is 1. The Morgan fingerprint density at radius 1 is 1.40 bits per heavy atom. The third kappa shape index (κ3) is 1.66. The van der Waals surface area contributed by atoms with Crippen LogP contribution in [0, 0.1) is 11.3 Å². The molecule has 0 radical (unpaired) electrons. The highest BCUT2D eigenvalue weighted by molar-refractivity contribution is 6.18. The van der Waals surface area contributed by atoms with Crippen LogP contribution in [0.25, 0.3) is 0 Å². The van der Waals surface area contributed by atoms with Gasteiger partial charge in [0.1, 0.15) is 0 Å². The number of alkyl halides is 1. The van der Waals surface area contributed by atoms with Crippen molar-refractivity contribution in [3.63, 3.8) is 0 Å². The average Bonchev–Trinajstić information content (AvgIpc) is 1.78. The Bertz CT molecular complexity index is 97.8.